The number of ether oxygens (including phenoxy) is 2. The van der Waals surface area contributed by atoms with Gasteiger partial charge in [0.15, 0.2) is 0 Å². The van der Waals surface area contributed by atoms with Gasteiger partial charge in [0.2, 0.25) is 6.10 Å². The smallest absolute Gasteiger partial charge is 0.408 e. The number of carbonyl (C=O) groups is 2. The molecule has 1 amide bonds. The van der Waals surface area contributed by atoms with E-state index in [0.717, 1.165) is 5.56 Å². The largest absolute Gasteiger partial charge is 0.466 e. The van der Waals surface area contributed by atoms with Crippen LogP contribution in [0.5, 0.6) is 0 Å². The maximum Gasteiger partial charge on any atom is 0.408 e. The molecule has 2 atom stereocenters. The second-order valence-electron chi connectivity index (χ2n) is 3.79. The van der Waals surface area contributed by atoms with Crippen molar-refractivity contribution >= 4 is 12.1 Å². The molecule has 0 bridgehead atoms. The standard InChI is InChI=1S/C12H13NO4/c1-16-11(14)10-9(13-12(15)17-10)7-8-5-3-2-4-6-8/h2-6,9-10H,7H2,1H3,(H,13,15)/t9-,10-/m0/s1. The summed E-state index contributed by atoms with van der Waals surface area (Å²) in [7, 11) is 1.27. The Hall–Kier alpha value is -2.04. The van der Waals surface area contributed by atoms with E-state index in [1.165, 1.54) is 7.11 Å². The van der Waals surface area contributed by atoms with Crippen molar-refractivity contribution in [2.75, 3.05) is 7.11 Å². The highest BCUT2D eigenvalue weighted by Crippen LogP contribution is 2.15. The van der Waals surface area contributed by atoms with E-state index in [2.05, 4.69) is 10.1 Å². The summed E-state index contributed by atoms with van der Waals surface area (Å²) in [5.41, 5.74) is 1.03. The van der Waals surface area contributed by atoms with Gasteiger partial charge in [-0.15, -0.1) is 0 Å². The molecule has 1 N–H and O–H groups in total. The van der Waals surface area contributed by atoms with Crippen LogP contribution in [0.2, 0.25) is 0 Å². The second kappa shape index (κ2) is 4.86. The van der Waals surface area contributed by atoms with Crippen LogP contribution in [0.15, 0.2) is 30.3 Å². The molecule has 1 heterocycles. The number of cyclic esters (lactones) is 1. The summed E-state index contributed by atoms with van der Waals surface area (Å²) in [6.45, 7) is 0. The van der Waals surface area contributed by atoms with Gasteiger partial charge >= 0.3 is 12.1 Å². The Balaban J connectivity index is 2.08. The van der Waals surface area contributed by atoms with E-state index >= 15 is 0 Å². The van der Waals surface area contributed by atoms with Gasteiger partial charge in [0.25, 0.3) is 0 Å². The average Bonchev–Trinajstić information content (AvgIpc) is 2.70. The van der Waals surface area contributed by atoms with E-state index < -0.39 is 18.2 Å². The average molecular weight is 235 g/mol. The number of hydrogen-bond donors (Lipinski definition) is 1. The summed E-state index contributed by atoms with van der Waals surface area (Å²) < 4.78 is 9.47. The van der Waals surface area contributed by atoms with Crippen molar-refractivity contribution in [3.8, 4) is 0 Å². The first-order chi connectivity index (χ1) is 8.20. The third-order valence-corrected chi connectivity index (χ3v) is 2.63. The Kier molecular flexibility index (Phi) is 3.27. The molecule has 0 radical (unpaired) electrons. The number of esters is 1. The van der Waals surface area contributed by atoms with Gasteiger partial charge in [0.1, 0.15) is 0 Å². The van der Waals surface area contributed by atoms with E-state index in [0.29, 0.717) is 6.42 Å². The Morgan fingerprint density at radius 2 is 2.12 bits per heavy atom. The molecule has 1 saturated heterocycles. The number of rotatable bonds is 3. The zero-order chi connectivity index (χ0) is 12.3. The van der Waals surface area contributed by atoms with Gasteiger partial charge in [-0.3, -0.25) is 0 Å². The third kappa shape index (κ3) is 2.55. The fraction of sp³-hybridized carbons (Fsp3) is 0.333. The zero-order valence-electron chi connectivity index (χ0n) is 9.38. The van der Waals surface area contributed by atoms with Crippen LogP contribution in [0.3, 0.4) is 0 Å². The van der Waals surface area contributed by atoms with Gasteiger partial charge in [-0.2, -0.15) is 0 Å². The summed E-state index contributed by atoms with van der Waals surface area (Å²) in [5, 5.41) is 2.61. The third-order valence-electron chi connectivity index (χ3n) is 2.63. The first-order valence-electron chi connectivity index (χ1n) is 5.29. The van der Waals surface area contributed by atoms with Crippen molar-refractivity contribution in [1.29, 1.82) is 0 Å². The maximum atomic E-state index is 11.4. The van der Waals surface area contributed by atoms with E-state index in [9.17, 15) is 9.59 Å². The normalized spacial score (nSPS) is 22.8. The van der Waals surface area contributed by atoms with Crippen LogP contribution >= 0.6 is 0 Å². The van der Waals surface area contributed by atoms with Crippen molar-refractivity contribution in [1.82, 2.24) is 5.32 Å². The quantitative estimate of drug-likeness (QED) is 0.790. The van der Waals surface area contributed by atoms with Crippen molar-refractivity contribution < 1.29 is 19.1 Å². The highest BCUT2D eigenvalue weighted by atomic mass is 16.6. The number of amides is 1. The Morgan fingerprint density at radius 1 is 1.41 bits per heavy atom. The minimum absolute atomic E-state index is 0.377. The molecule has 90 valence electrons. The molecule has 1 aromatic rings. The van der Waals surface area contributed by atoms with Crippen LogP contribution < -0.4 is 5.32 Å². The molecule has 17 heavy (non-hydrogen) atoms. The fourth-order valence-electron chi connectivity index (χ4n) is 1.81. The minimum Gasteiger partial charge on any atom is -0.466 e. The van der Waals surface area contributed by atoms with E-state index in [1.807, 2.05) is 30.3 Å². The fourth-order valence-corrected chi connectivity index (χ4v) is 1.81. The van der Waals surface area contributed by atoms with Crippen LogP contribution in [0, 0.1) is 0 Å². The van der Waals surface area contributed by atoms with Gasteiger partial charge in [0, 0.05) is 0 Å². The number of methoxy groups -OCH3 is 1. The molecule has 1 aliphatic rings. The molecule has 5 heteroatoms. The van der Waals surface area contributed by atoms with Gasteiger partial charge in [-0.1, -0.05) is 30.3 Å². The van der Waals surface area contributed by atoms with Crippen molar-refractivity contribution in [3.63, 3.8) is 0 Å². The lowest BCUT2D eigenvalue weighted by Crippen LogP contribution is -2.38. The highest BCUT2D eigenvalue weighted by Gasteiger charge is 2.40. The van der Waals surface area contributed by atoms with Crippen LogP contribution in [0.1, 0.15) is 5.56 Å². The minimum atomic E-state index is -0.868. The van der Waals surface area contributed by atoms with Gasteiger partial charge in [-0.05, 0) is 12.0 Å². The predicted molar refractivity (Wildman–Crippen MR) is 59.4 cm³/mol. The van der Waals surface area contributed by atoms with Crippen LogP contribution in [0.4, 0.5) is 4.79 Å². The number of carbonyl (C=O) groups excluding carboxylic acids is 2. The lowest BCUT2D eigenvalue weighted by atomic mass is 10.0. The zero-order valence-corrected chi connectivity index (χ0v) is 9.38. The maximum absolute atomic E-state index is 11.4. The molecule has 0 saturated carbocycles. The summed E-state index contributed by atoms with van der Waals surface area (Å²) in [6.07, 6.45) is -0.916. The summed E-state index contributed by atoms with van der Waals surface area (Å²) in [5.74, 6) is -0.538. The molecular formula is C12H13NO4. The molecule has 2 rings (SSSR count). The monoisotopic (exact) mass is 235 g/mol. The summed E-state index contributed by atoms with van der Waals surface area (Å²) in [6, 6.07) is 9.19. The summed E-state index contributed by atoms with van der Waals surface area (Å²) >= 11 is 0. The number of nitrogens with one attached hydrogen (secondary N) is 1. The van der Waals surface area contributed by atoms with Crippen molar-refractivity contribution in [2.24, 2.45) is 0 Å². The Bertz CT molecular complexity index is 418. The first-order valence-corrected chi connectivity index (χ1v) is 5.29. The van der Waals surface area contributed by atoms with E-state index in [1.54, 1.807) is 0 Å². The van der Waals surface area contributed by atoms with Gasteiger partial charge < -0.3 is 14.8 Å². The predicted octanol–water partition coefficient (Wildman–Crippen LogP) is 0.879. The SMILES string of the molecule is COC(=O)[C@H]1OC(=O)N[C@H]1Cc1ccccc1. The molecule has 1 aromatic carbocycles. The first kappa shape index (κ1) is 11.4. The van der Waals surface area contributed by atoms with Crippen LogP contribution in [0.25, 0.3) is 0 Å². The van der Waals surface area contributed by atoms with Gasteiger partial charge in [0.05, 0.1) is 13.2 Å². The second-order valence-corrected chi connectivity index (χ2v) is 3.79. The molecular weight excluding hydrogens is 222 g/mol. The van der Waals surface area contributed by atoms with Crippen LogP contribution in [-0.4, -0.2) is 31.3 Å². The Labute approximate surface area is 98.7 Å². The Morgan fingerprint density at radius 3 is 2.76 bits per heavy atom. The van der Waals surface area contributed by atoms with E-state index in [4.69, 9.17) is 4.74 Å². The summed E-state index contributed by atoms with van der Waals surface area (Å²) in [4.78, 5) is 22.6. The molecule has 0 spiro atoms. The molecule has 0 unspecified atom stereocenters. The molecule has 0 aromatic heterocycles. The molecule has 0 aliphatic carbocycles. The lowest BCUT2D eigenvalue weighted by Gasteiger charge is -2.14. The van der Waals surface area contributed by atoms with Crippen molar-refractivity contribution in [3.05, 3.63) is 35.9 Å². The molecule has 1 aliphatic heterocycles. The van der Waals surface area contributed by atoms with E-state index in [-0.39, 0.29) is 6.04 Å². The molecule has 5 nitrogen and oxygen atoms in total. The van der Waals surface area contributed by atoms with Crippen molar-refractivity contribution in [2.45, 2.75) is 18.6 Å². The number of alkyl carbamates (subject to hydrolysis) is 1. The lowest BCUT2D eigenvalue weighted by molar-refractivity contribution is -0.149. The van der Waals surface area contributed by atoms with Crippen LogP contribution in [-0.2, 0) is 20.7 Å². The van der Waals surface area contributed by atoms with Gasteiger partial charge in [-0.25, -0.2) is 9.59 Å². The number of hydrogen-bond acceptors (Lipinski definition) is 4. The topological polar surface area (TPSA) is 64.6 Å². The highest BCUT2D eigenvalue weighted by molar-refractivity contribution is 5.83. The number of benzene rings is 1. The molecule has 1 fully saturated rings.